The summed E-state index contributed by atoms with van der Waals surface area (Å²) in [5, 5.41) is 0. The van der Waals surface area contributed by atoms with E-state index in [2.05, 4.69) is 43.6 Å². The van der Waals surface area contributed by atoms with Gasteiger partial charge in [-0.25, -0.2) is 0 Å². The Morgan fingerprint density at radius 2 is 1.34 bits per heavy atom. The number of nitrogens with zero attached hydrogens (tertiary/aromatic N) is 5. The lowest BCUT2D eigenvalue weighted by molar-refractivity contribution is -0.00734. The van der Waals surface area contributed by atoms with Crippen molar-refractivity contribution in [2.45, 2.75) is 6.42 Å². The maximum atomic E-state index is 5.78. The highest BCUT2D eigenvalue weighted by Crippen LogP contribution is 2.26. The van der Waals surface area contributed by atoms with E-state index in [4.69, 9.17) is 23.7 Å². The molecule has 1 aromatic rings. The molecule has 0 spiro atoms. The molecule has 1 aromatic heterocycles. The number of hydrogen-bond donors (Lipinski definition) is 0. The average molecular weight is 536 g/mol. The summed E-state index contributed by atoms with van der Waals surface area (Å²) in [6.07, 6.45) is 3.26. The van der Waals surface area contributed by atoms with Crippen LogP contribution in [0.4, 0.5) is 0 Å². The Morgan fingerprint density at radius 3 is 1.97 bits per heavy atom. The van der Waals surface area contributed by atoms with Crippen molar-refractivity contribution in [3.8, 4) is 5.88 Å². The monoisotopic (exact) mass is 535 g/mol. The highest BCUT2D eigenvalue weighted by molar-refractivity contribution is 6.99. The van der Waals surface area contributed by atoms with Gasteiger partial charge in [0.25, 0.3) is 5.88 Å². The first kappa shape index (κ1) is 30.3. The van der Waals surface area contributed by atoms with Crippen molar-refractivity contribution in [2.24, 2.45) is 0 Å². The lowest BCUT2D eigenvalue weighted by Crippen LogP contribution is -2.45. The van der Waals surface area contributed by atoms with Gasteiger partial charge >= 0.3 is 0 Å². The van der Waals surface area contributed by atoms with E-state index >= 15 is 0 Å². The molecule has 0 unspecified atom stereocenters. The van der Waals surface area contributed by atoms with Gasteiger partial charge in [0.05, 0.1) is 64.6 Å². The Morgan fingerprint density at radius 1 is 0.743 bits per heavy atom. The van der Waals surface area contributed by atoms with Crippen molar-refractivity contribution in [3.05, 3.63) is 11.8 Å². The Balaban J connectivity index is 0.00000432. The van der Waals surface area contributed by atoms with Crippen LogP contribution in [0.15, 0.2) is 6.08 Å². The van der Waals surface area contributed by atoms with Gasteiger partial charge in [0.1, 0.15) is 12.3 Å². The maximum absolute atomic E-state index is 5.78. The molecule has 1 fully saturated rings. The lowest BCUT2D eigenvalue weighted by Gasteiger charge is -2.32. The van der Waals surface area contributed by atoms with Crippen LogP contribution in [0.25, 0.3) is 5.57 Å². The average Bonchev–Trinajstić information content (AvgIpc) is 3.31. The Kier molecular flexibility index (Phi) is 15.9. The van der Waals surface area contributed by atoms with E-state index in [-0.39, 0.29) is 12.4 Å². The van der Waals surface area contributed by atoms with E-state index in [9.17, 15) is 0 Å². The van der Waals surface area contributed by atoms with Crippen LogP contribution in [0.2, 0.25) is 0 Å². The first-order valence-electron chi connectivity index (χ1n) is 12.3. The second-order valence-electron chi connectivity index (χ2n) is 8.62. The van der Waals surface area contributed by atoms with E-state index in [1.165, 1.54) is 17.3 Å². The van der Waals surface area contributed by atoms with Gasteiger partial charge in [-0.05, 0) is 26.1 Å². The van der Waals surface area contributed by atoms with Crippen LogP contribution in [0.5, 0.6) is 5.88 Å². The van der Waals surface area contributed by atoms with Gasteiger partial charge in [0.15, 0.2) is 0 Å². The Bertz CT molecular complexity index is 706. The summed E-state index contributed by atoms with van der Waals surface area (Å²) in [7, 11) is 4.28. The molecule has 1 saturated heterocycles. The van der Waals surface area contributed by atoms with Crippen LogP contribution in [0, 0.1) is 0 Å². The zero-order chi connectivity index (χ0) is 23.8. The van der Waals surface area contributed by atoms with Gasteiger partial charge in [-0.3, -0.25) is 4.90 Å². The SMILES string of the molecule is CN1CCN(CCOCCOCCOCCOCCOc2nsnc2C2=CCCN(C)C2)CC1.Cl. The quantitative estimate of drug-likeness (QED) is 0.273. The van der Waals surface area contributed by atoms with Crippen LogP contribution in [0.3, 0.4) is 0 Å². The molecule has 0 saturated carbocycles. The third kappa shape index (κ3) is 12.3. The standard InChI is InChI=1S/C23H41N5O5S.ClH/c1-26-6-8-28(9-7-26)10-11-29-12-13-30-14-15-31-16-17-32-18-19-33-23-22(24-34-25-23)21-4-3-5-27(2)20-21;/h4H,3,5-20H2,1-2H3;1H. The molecule has 12 heteroatoms. The Labute approximate surface area is 220 Å². The molecule has 0 amide bonds. The summed E-state index contributed by atoms with van der Waals surface area (Å²) in [6.45, 7) is 12.6. The minimum atomic E-state index is 0. The van der Waals surface area contributed by atoms with Crippen molar-refractivity contribution < 1.29 is 23.7 Å². The number of ether oxygens (including phenoxy) is 5. The first-order valence-corrected chi connectivity index (χ1v) is 13.0. The zero-order valence-electron chi connectivity index (χ0n) is 21.2. The fourth-order valence-electron chi connectivity index (χ4n) is 3.76. The van der Waals surface area contributed by atoms with Gasteiger partial charge in [0, 0.05) is 45.8 Å². The van der Waals surface area contributed by atoms with Gasteiger partial charge < -0.3 is 33.5 Å². The van der Waals surface area contributed by atoms with Gasteiger partial charge in [-0.2, -0.15) is 4.37 Å². The summed E-state index contributed by atoms with van der Waals surface area (Å²) < 4.78 is 36.8. The van der Waals surface area contributed by atoms with E-state index in [1.807, 2.05) is 0 Å². The third-order valence-corrected chi connectivity index (χ3v) is 6.35. The second kappa shape index (κ2) is 18.4. The van der Waals surface area contributed by atoms with Crippen LogP contribution in [-0.2, 0) is 18.9 Å². The molecule has 0 atom stereocenters. The molecule has 10 nitrogen and oxygen atoms in total. The van der Waals surface area contributed by atoms with Crippen molar-refractivity contribution in [2.75, 3.05) is 119 Å². The summed E-state index contributed by atoms with van der Waals surface area (Å²) in [5.74, 6) is 0.604. The highest BCUT2D eigenvalue weighted by Gasteiger charge is 2.18. The second-order valence-corrected chi connectivity index (χ2v) is 9.15. The van der Waals surface area contributed by atoms with Gasteiger partial charge in [0.2, 0.25) is 0 Å². The Hall–Kier alpha value is -0.890. The number of halogens is 1. The number of rotatable bonds is 17. The molecule has 202 valence electrons. The van der Waals surface area contributed by atoms with Crippen LogP contribution < -0.4 is 4.74 Å². The van der Waals surface area contributed by atoms with Gasteiger partial charge in [-0.1, -0.05) is 6.08 Å². The molecule has 2 aliphatic rings. The van der Waals surface area contributed by atoms with Gasteiger partial charge in [-0.15, -0.1) is 16.8 Å². The molecular formula is C23H42ClN5O5S. The van der Waals surface area contributed by atoms with Crippen molar-refractivity contribution >= 4 is 29.7 Å². The summed E-state index contributed by atoms with van der Waals surface area (Å²) in [5.41, 5.74) is 2.05. The minimum absolute atomic E-state index is 0. The van der Waals surface area contributed by atoms with Crippen molar-refractivity contribution in [1.29, 1.82) is 0 Å². The predicted octanol–water partition coefficient (Wildman–Crippen LogP) is 1.37. The van der Waals surface area contributed by atoms with Crippen molar-refractivity contribution in [3.63, 3.8) is 0 Å². The summed E-state index contributed by atoms with van der Waals surface area (Å²) >= 11 is 1.19. The largest absolute Gasteiger partial charge is 0.473 e. The fourth-order valence-corrected chi connectivity index (χ4v) is 4.29. The fraction of sp³-hybridized carbons (Fsp3) is 0.826. The minimum Gasteiger partial charge on any atom is -0.473 e. The zero-order valence-corrected chi connectivity index (χ0v) is 22.8. The normalized spacial score (nSPS) is 17.8. The molecule has 3 rings (SSSR count). The molecular weight excluding hydrogens is 494 g/mol. The number of likely N-dealkylation sites (N-methyl/N-ethyl adjacent to an activating group) is 2. The van der Waals surface area contributed by atoms with Crippen LogP contribution in [0.1, 0.15) is 12.1 Å². The molecule has 35 heavy (non-hydrogen) atoms. The molecule has 3 heterocycles. The molecule has 2 aliphatic heterocycles. The topological polar surface area (TPSA) is 81.7 Å². The summed E-state index contributed by atoms with van der Waals surface area (Å²) in [4.78, 5) is 7.08. The third-order valence-electron chi connectivity index (χ3n) is 5.83. The van der Waals surface area contributed by atoms with E-state index < -0.39 is 0 Å². The molecule has 0 aromatic carbocycles. The van der Waals surface area contributed by atoms with E-state index in [0.717, 1.165) is 64.5 Å². The molecule has 0 aliphatic carbocycles. The molecule has 0 bridgehead atoms. The van der Waals surface area contributed by atoms with Crippen LogP contribution in [-0.4, -0.2) is 143 Å². The number of aromatic nitrogens is 2. The van der Waals surface area contributed by atoms with E-state index in [0.29, 0.717) is 58.7 Å². The smallest absolute Gasteiger partial charge is 0.253 e. The number of hydrogen-bond acceptors (Lipinski definition) is 11. The predicted molar refractivity (Wildman–Crippen MR) is 140 cm³/mol. The number of piperazine rings is 1. The van der Waals surface area contributed by atoms with Crippen molar-refractivity contribution in [1.82, 2.24) is 23.4 Å². The van der Waals surface area contributed by atoms with E-state index in [1.54, 1.807) is 0 Å². The highest BCUT2D eigenvalue weighted by atomic mass is 35.5. The maximum Gasteiger partial charge on any atom is 0.253 e. The first-order chi connectivity index (χ1) is 16.7. The summed E-state index contributed by atoms with van der Waals surface area (Å²) in [6, 6.07) is 0. The van der Waals surface area contributed by atoms with Crippen LogP contribution >= 0.6 is 24.1 Å². The molecule has 0 N–H and O–H groups in total. The lowest BCUT2D eigenvalue weighted by atomic mass is 10.1. The molecule has 0 radical (unpaired) electrons.